The van der Waals surface area contributed by atoms with E-state index in [0.717, 1.165) is 22.6 Å². The lowest BCUT2D eigenvalue weighted by molar-refractivity contribution is -0.141. The van der Waals surface area contributed by atoms with Crippen LogP contribution in [0, 0.1) is 6.92 Å². The molecule has 1 atom stereocenters. The van der Waals surface area contributed by atoms with Gasteiger partial charge in [0.15, 0.2) is 0 Å². The number of aryl methyl sites for hydroxylation is 1. The Morgan fingerprint density at radius 1 is 1.03 bits per heavy atom. The summed E-state index contributed by atoms with van der Waals surface area (Å²) in [4.78, 5) is 27.8. The third kappa shape index (κ3) is 7.59. The third-order valence-corrected chi connectivity index (χ3v) is 5.28. The molecule has 1 unspecified atom stereocenters. The van der Waals surface area contributed by atoms with Gasteiger partial charge in [0.2, 0.25) is 11.8 Å². The van der Waals surface area contributed by atoms with E-state index in [9.17, 15) is 9.59 Å². The van der Waals surface area contributed by atoms with Crippen LogP contribution in [0.5, 0.6) is 11.5 Å². The van der Waals surface area contributed by atoms with Crippen molar-refractivity contribution in [1.29, 1.82) is 0 Å². The lowest BCUT2D eigenvalue weighted by Crippen LogP contribution is -2.50. The number of benzene rings is 2. The number of carbonyl (C=O) groups excluding carboxylic acids is 2. The van der Waals surface area contributed by atoms with E-state index in [2.05, 4.69) is 5.32 Å². The predicted molar refractivity (Wildman–Crippen MR) is 127 cm³/mol. The number of nitrogens with one attached hydrogen (secondary N) is 1. The maximum Gasteiger partial charge on any atom is 0.243 e. The lowest BCUT2D eigenvalue weighted by Gasteiger charge is -2.31. The lowest BCUT2D eigenvalue weighted by atomic mass is 10.0. The molecule has 0 heterocycles. The minimum absolute atomic E-state index is 0.0184. The van der Waals surface area contributed by atoms with E-state index in [1.807, 2.05) is 76.2 Å². The molecule has 2 aromatic carbocycles. The Balaban J connectivity index is 2.04. The second kappa shape index (κ2) is 12.7. The highest BCUT2D eigenvalue weighted by Crippen LogP contribution is 2.19. The van der Waals surface area contributed by atoms with Gasteiger partial charge in [-0.1, -0.05) is 31.2 Å². The topological polar surface area (TPSA) is 67.9 Å². The molecule has 0 bridgehead atoms. The highest BCUT2D eigenvalue weighted by atomic mass is 16.5. The minimum Gasteiger partial charge on any atom is -0.497 e. The van der Waals surface area contributed by atoms with E-state index in [4.69, 9.17) is 9.47 Å². The molecule has 0 spiro atoms. The van der Waals surface area contributed by atoms with E-state index in [0.29, 0.717) is 32.4 Å². The van der Waals surface area contributed by atoms with Gasteiger partial charge in [-0.05, 0) is 69.0 Å². The molecule has 6 nitrogen and oxygen atoms in total. The highest BCUT2D eigenvalue weighted by Gasteiger charge is 2.28. The first-order valence-corrected chi connectivity index (χ1v) is 11.3. The molecule has 2 rings (SSSR count). The number of ether oxygens (including phenoxy) is 2. The van der Waals surface area contributed by atoms with Crippen molar-refractivity contribution >= 4 is 11.8 Å². The fourth-order valence-electron chi connectivity index (χ4n) is 3.50. The van der Waals surface area contributed by atoms with Gasteiger partial charge in [0.1, 0.15) is 17.5 Å². The van der Waals surface area contributed by atoms with E-state index < -0.39 is 6.04 Å². The average Bonchev–Trinajstić information content (AvgIpc) is 2.77. The zero-order valence-electron chi connectivity index (χ0n) is 19.9. The van der Waals surface area contributed by atoms with Crippen molar-refractivity contribution in [2.45, 2.75) is 65.6 Å². The van der Waals surface area contributed by atoms with Crippen LogP contribution in [0.3, 0.4) is 0 Å². The first-order valence-electron chi connectivity index (χ1n) is 11.3. The average molecular weight is 441 g/mol. The summed E-state index contributed by atoms with van der Waals surface area (Å²) in [6.45, 7) is 8.65. The monoisotopic (exact) mass is 440 g/mol. The molecular formula is C26H36N2O4. The molecular weight excluding hydrogens is 404 g/mol. The van der Waals surface area contributed by atoms with Crippen molar-refractivity contribution in [3.8, 4) is 11.5 Å². The van der Waals surface area contributed by atoms with Crippen LogP contribution in [0.2, 0.25) is 0 Å². The van der Waals surface area contributed by atoms with Gasteiger partial charge in [0, 0.05) is 19.0 Å². The summed E-state index contributed by atoms with van der Waals surface area (Å²) in [7, 11) is 1.62. The summed E-state index contributed by atoms with van der Waals surface area (Å²) < 4.78 is 10.9. The van der Waals surface area contributed by atoms with Gasteiger partial charge in [-0.2, -0.15) is 0 Å². The second-order valence-electron chi connectivity index (χ2n) is 8.16. The number of hydrogen-bond donors (Lipinski definition) is 1. The molecule has 32 heavy (non-hydrogen) atoms. The van der Waals surface area contributed by atoms with Gasteiger partial charge in [-0.25, -0.2) is 0 Å². The summed E-state index contributed by atoms with van der Waals surface area (Å²) >= 11 is 0. The summed E-state index contributed by atoms with van der Waals surface area (Å²) in [5.41, 5.74) is 2.15. The molecule has 0 aliphatic carbocycles. The van der Waals surface area contributed by atoms with Crippen molar-refractivity contribution in [2.24, 2.45) is 0 Å². The molecule has 6 heteroatoms. The van der Waals surface area contributed by atoms with Crippen LogP contribution in [0.4, 0.5) is 0 Å². The minimum atomic E-state index is -0.507. The van der Waals surface area contributed by atoms with Crippen LogP contribution in [-0.2, 0) is 16.1 Å². The number of rotatable bonds is 12. The summed E-state index contributed by atoms with van der Waals surface area (Å²) in [6.07, 6.45) is 1.43. The first-order chi connectivity index (χ1) is 15.3. The van der Waals surface area contributed by atoms with Gasteiger partial charge in [0.25, 0.3) is 0 Å². The summed E-state index contributed by atoms with van der Waals surface area (Å²) in [5.74, 6) is 1.35. The molecule has 0 saturated carbocycles. The van der Waals surface area contributed by atoms with Crippen molar-refractivity contribution in [1.82, 2.24) is 10.2 Å². The standard InChI is InChI=1S/C26H36N2O4/c1-6-24(26(30)27-19(2)3)28(18-21-11-8-7-10-20(21)4)25(29)12-9-17-32-23-15-13-22(31-5)14-16-23/h7-8,10-11,13-16,19,24H,6,9,12,17-18H2,1-5H3,(H,27,30). The normalized spacial score (nSPS) is 11.7. The zero-order valence-corrected chi connectivity index (χ0v) is 19.9. The van der Waals surface area contributed by atoms with Crippen molar-refractivity contribution in [3.63, 3.8) is 0 Å². The maximum atomic E-state index is 13.2. The Hall–Kier alpha value is -3.02. The van der Waals surface area contributed by atoms with E-state index >= 15 is 0 Å². The smallest absolute Gasteiger partial charge is 0.243 e. The van der Waals surface area contributed by atoms with Crippen LogP contribution in [0.25, 0.3) is 0 Å². The quantitative estimate of drug-likeness (QED) is 0.494. The van der Waals surface area contributed by atoms with Gasteiger partial charge in [0.05, 0.1) is 13.7 Å². The zero-order chi connectivity index (χ0) is 23.5. The molecule has 0 fully saturated rings. The summed E-state index contributed by atoms with van der Waals surface area (Å²) in [6, 6.07) is 14.8. The predicted octanol–water partition coefficient (Wildman–Crippen LogP) is 4.49. The fourth-order valence-corrected chi connectivity index (χ4v) is 3.50. The van der Waals surface area contributed by atoms with Crippen LogP contribution in [0.15, 0.2) is 48.5 Å². The summed E-state index contributed by atoms with van der Waals surface area (Å²) in [5, 5.41) is 2.96. The van der Waals surface area contributed by atoms with Crippen LogP contribution < -0.4 is 14.8 Å². The molecule has 0 saturated heterocycles. The Labute approximate surface area is 191 Å². The number of amides is 2. The van der Waals surface area contributed by atoms with E-state index in [1.54, 1.807) is 12.0 Å². The van der Waals surface area contributed by atoms with Crippen LogP contribution >= 0.6 is 0 Å². The molecule has 0 radical (unpaired) electrons. The van der Waals surface area contributed by atoms with Gasteiger partial charge < -0.3 is 19.7 Å². The van der Waals surface area contributed by atoms with Crippen LogP contribution in [0.1, 0.15) is 51.2 Å². The molecule has 2 aromatic rings. The third-order valence-electron chi connectivity index (χ3n) is 5.28. The first kappa shape index (κ1) is 25.2. The molecule has 0 aromatic heterocycles. The molecule has 2 amide bonds. The number of methoxy groups -OCH3 is 1. The Bertz CT molecular complexity index is 864. The molecule has 0 aliphatic rings. The molecule has 174 valence electrons. The van der Waals surface area contributed by atoms with E-state index in [-0.39, 0.29) is 17.9 Å². The van der Waals surface area contributed by atoms with Gasteiger partial charge in [-0.3, -0.25) is 9.59 Å². The van der Waals surface area contributed by atoms with Crippen molar-refractivity contribution < 1.29 is 19.1 Å². The Morgan fingerprint density at radius 2 is 1.69 bits per heavy atom. The highest BCUT2D eigenvalue weighted by molar-refractivity contribution is 5.87. The second-order valence-corrected chi connectivity index (χ2v) is 8.16. The van der Waals surface area contributed by atoms with Crippen molar-refractivity contribution in [2.75, 3.05) is 13.7 Å². The SMILES string of the molecule is CCC(C(=O)NC(C)C)N(Cc1ccccc1C)C(=O)CCCOc1ccc(OC)cc1. The van der Waals surface area contributed by atoms with Gasteiger partial charge in [-0.15, -0.1) is 0 Å². The van der Waals surface area contributed by atoms with Crippen molar-refractivity contribution in [3.05, 3.63) is 59.7 Å². The Kier molecular flexibility index (Phi) is 10.1. The Morgan fingerprint density at radius 3 is 2.28 bits per heavy atom. The van der Waals surface area contributed by atoms with Gasteiger partial charge >= 0.3 is 0 Å². The number of hydrogen-bond acceptors (Lipinski definition) is 4. The largest absolute Gasteiger partial charge is 0.497 e. The van der Waals surface area contributed by atoms with Crippen LogP contribution in [-0.4, -0.2) is 42.5 Å². The maximum absolute atomic E-state index is 13.2. The molecule has 0 aliphatic heterocycles. The number of carbonyl (C=O) groups is 2. The van der Waals surface area contributed by atoms with E-state index in [1.165, 1.54) is 0 Å². The fraction of sp³-hybridized carbons (Fsp3) is 0.462. The number of nitrogens with zero attached hydrogens (tertiary/aromatic N) is 1. The molecule has 1 N–H and O–H groups in total.